The summed E-state index contributed by atoms with van der Waals surface area (Å²) in [6.07, 6.45) is 3.19. The highest BCUT2D eigenvalue weighted by Crippen LogP contribution is 2.35. The molecule has 0 amide bonds. The van der Waals surface area contributed by atoms with Crippen LogP contribution in [0.1, 0.15) is 0 Å². The molecule has 5 rings (SSSR count). The Morgan fingerprint density at radius 3 is 1.62 bits per heavy atom. The third kappa shape index (κ3) is 3.93. The zero-order valence-corrected chi connectivity index (χ0v) is 18.9. The molecule has 0 unspecified atom stereocenters. The lowest BCUT2D eigenvalue weighted by atomic mass is 9.96. The van der Waals surface area contributed by atoms with Gasteiger partial charge in [0.15, 0.2) is 0 Å². The molecule has 0 aliphatic carbocycles. The number of benzene rings is 3. The van der Waals surface area contributed by atoms with E-state index in [0.717, 1.165) is 10.9 Å². The van der Waals surface area contributed by atoms with Crippen LogP contribution in [0.5, 0.6) is 0 Å². The first kappa shape index (κ1) is 22.1. The number of nitrogens with zero attached hydrogens (tertiary/aromatic N) is 2. The zero-order valence-electron chi connectivity index (χ0n) is 17.2. The smallest absolute Gasteiger partial charge is 0.124 e. The van der Waals surface area contributed by atoms with E-state index in [0.29, 0.717) is 33.1 Å². The van der Waals surface area contributed by atoms with Gasteiger partial charge >= 0.3 is 0 Å². The number of pyridine rings is 2. The first-order valence-electron chi connectivity index (χ1n) is 9.92. The largest absolute Gasteiger partial charge is 0.744 e. The molecule has 10 heteroatoms. The van der Waals surface area contributed by atoms with Crippen LogP contribution in [-0.4, -0.2) is 35.9 Å². The van der Waals surface area contributed by atoms with Crippen LogP contribution in [0.3, 0.4) is 0 Å². The summed E-state index contributed by atoms with van der Waals surface area (Å²) in [5, 5.41) is 1.47. The Hall–Kier alpha value is -3.70. The van der Waals surface area contributed by atoms with Crippen LogP contribution in [0.4, 0.5) is 0 Å². The Bertz CT molecular complexity index is 1800. The summed E-state index contributed by atoms with van der Waals surface area (Å²) in [4.78, 5) is 8.34. The van der Waals surface area contributed by atoms with Crippen molar-refractivity contribution >= 4 is 42.0 Å². The van der Waals surface area contributed by atoms with Crippen LogP contribution in [0, 0.1) is 0 Å². The van der Waals surface area contributed by atoms with E-state index in [1.807, 2.05) is 12.1 Å². The van der Waals surface area contributed by atoms with Gasteiger partial charge in [-0.2, -0.15) is 0 Å². The van der Waals surface area contributed by atoms with E-state index in [4.69, 9.17) is 0 Å². The monoisotopic (exact) mass is 490 g/mol. The molecule has 0 aliphatic heterocycles. The minimum absolute atomic E-state index is 0.311. The van der Waals surface area contributed by atoms with Gasteiger partial charge in [-0.05, 0) is 58.7 Å². The van der Waals surface area contributed by atoms with Crippen LogP contribution < -0.4 is 0 Å². The average Bonchev–Trinajstić information content (AvgIpc) is 2.82. The normalized spacial score (nSPS) is 12.3. The number of hydrogen-bond donors (Lipinski definition) is 0. The maximum Gasteiger partial charge on any atom is 0.124 e. The molecule has 0 saturated carbocycles. The van der Waals surface area contributed by atoms with E-state index in [9.17, 15) is 25.9 Å². The Morgan fingerprint density at radius 1 is 0.559 bits per heavy atom. The molecule has 0 radical (unpaired) electrons. The molecule has 2 heterocycles. The van der Waals surface area contributed by atoms with Gasteiger partial charge in [-0.3, -0.25) is 9.97 Å². The molecule has 34 heavy (non-hydrogen) atoms. The van der Waals surface area contributed by atoms with Gasteiger partial charge in [0.1, 0.15) is 20.2 Å². The Morgan fingerprint density at radius 2 is 1.09 bits per heavy atom. The van der Waals surface area contributed by atoms with Crippen molar-refractivity contribution in [3.8, 4) is 22.3 Å². The first-order chi connectivity index (χ1) is 16.1. The quantitative estimate of drug-likeness (QED) is 0.273. The minimum Gasteiger partial charge on any atom is -0.744 e. The van der Waals surface area contributed by atoms with Gasteiger partial charge in [-0.25, -0.2) is 16.8 Å². The van der Waals surface area contributed by atoms with E-state index in [1.165, 1.54) is 30.3 Å². The highest BCUT2D eigenvalue weighted by Gasteiger charge is 2.13. The van der Waals surface area contributed by atoms with Gasteiger partial charge in [-0.15, -0.1) is 0 Å². The molecule has 0 bridgehead atoms. The fraction of sp³-hybridized carbons (Fsp3) is 0. The highest BCUT2D eigenvalue weighted by atomic mass is 32.2. The maximum absolute atomic E-state index is 11.5. The number of fused-ring (bicyclic) bond motifs is 3. The summed E-state index contributed by atoms with van der Waals surface area (Å²) in [5.41, 5.74) is 3.87. The summed E-state index contributed by atoms with van der Waals surface area (Å²) >= 11 is 0. The Balaban J connectivity index is 1.70. The van der Waals surface area contributed by atoms with Crippen molar-refractivity contribution in [3.05, 3.63) is 85.2 Å². The van der Waals surface area contributed by atoms with Crippen molar-refractivity contribution < 1.29 is 25.9 Å². The second-order valence-corrected chi connectivity index (χ2v) is 10.3. The van der Waals surface area contributed by atoms with Crippen LogP contribution in [0.2, 0.25) is 0 Å². The molecule has 170 valence electrons. The van der Waals surface area contributed by atoms with Gasteiger partial charge in [0.25, 0.3) is 0 Å². The summed E-state index contributed by atoms with van der Waals surface area (Å²) in [6.45, 7) is 0. The van der Waals surface area contributed by atoms with Crippen molar-refractivity contribution in [3.63, 3.8) is 0 Å². The highest BCUT2D eigenvalue weighted by molar-refractivity contribution is 7.86. The van der Waals surface area contributed by atoms with Crippen molar-refractivity contribution in [1.29, 1.82) is 0 Å². The third-order valence-electron chi connectivity index (χ3n) is 5.51. The van der Waals surface area contributed by atoms with Crippen molar-refractivity contribution in [1.82, 2.24) is 9.97 Å². The Kier molecular flexibility index (Phi) is 5.18. The molecule has 0 spiro atoms. The lowest BCUT2D eigenvalue weighted by Gasteiger charge is -2.13. The van der Waals surface area contributed by atoms with Crippen LogP contribution in [-0.2, 0) is 20.2 Å². The molecule has 0 N–H and O–H groups in total. The molecular formula is C24H14N2O6S2-2. The van der Waals surface area contributed by atoms with E-state index in [1.54, 1.807) is 42.7 Å². The van der Waals surface area contributed by atoms with Crippen LogP contribution in [0.15, 0.2) is 95.0 Å². The summed E-state index contributed by atoms with van der Waals surface area (Å²) in [5.74, 6) is 0. The van der Waals surface area contributed by atoms with Gasteiger partial charge in [-0.1, -0.05) is 36.4 Å². The third-order valence-corrected chi connectivity index (χ3v) is 7.19. The lowest BCUT2D eigenvalue weighted by molar-refractivity contribution is 0.461. The zero-order chi connectivity index (χ0) is 24.1. The number of aromatic nitrogens is 2. The second-order valence-electron chi connectivity index (χ2n) is 7.54. The standard InChI is InChI=1S/C24H16N2O6S2/c27-33(28,29)17-6-4-15(5-7-17)19-10-12-25-23-21(19)8-9-22-20(11-13-26-24(22)23)16-2-1-3-18(14-16)34(30,31)32/h1-14H,(H,27,28,29)(H,30,31,32)/p-2. The average molecular weight is 491 g/mol. The predicted molar refractivity (Wildman–Crippen MR) is 124 cm³/mol. The van der Waals surface area contributed by atoms with Crippen LogP contribution >= 0.6 is 0 Å². The van der Waals surface area contributed by atoms with E-state index in [-0.39, 0.29) is 9.79 Å². The molecule has 5 aromatic rings. The van der Waals surface area contributed by atoms with Gasteiger partial charge in [0.2, 0.25) is 0 Å². The molecule has 2 aromatic heterocycles. The summed E-state index contributed by atoms with van der Waals surface area (Å²) in [7, 11) is -9.15. The molecule has 0 aliphatic rings. The second kappa shape index (κ2) is 7.96. The Labute approximate surface area is 195 Å². The number of hydrogen-bond acceptors (Lipinski definition) is 8. The number of rotatable bonds is 4. The molecule has 0 atom stereocenters. The van der Waals surface area contributed by atoms with Crippen LogP contribution in [0.25, 0.3) is 44.1 Å². The molecule has 8 nitrogen and oxygen atoms in total. The SMILES string of the molecule is O=S(=O)([O-])c1ccc(-c2ccnc3c2ccc2c(-c4cccc(S(=O)(=O)[O-])c4)ccnc23)cc1. The first-order valence-corrected chi connectivity index (χ1v) is 12.7. The molecule has 0 saturated heterocycles. The summed E-state index contributed by atoms with van der Waals surface area (Å²) < 4.78 is 68.1. The van der Waals surface area contributed by atoms with Gasteiger partial charge < -0.3 is 9.11 Å². The van der Waals surface area contributed by atoms with E-state index in [2.05, 4.69) is 9.97 Å². The van der Waals surface area contributed by atoms with Crippen molar-refractivity contribution in [2.45, 2.75) is 9.79 Å². The topological polar surface area (TPSA) is 140 Å². The fourth-order valence-corrected chi connectivity index (χ4v) is 4.94. The van der Waals surface area contributed by atoms with Gasteiger partial charge in [0.05, 0.1) is 20.8 Å². The predicted octanol–water partition coefficient (Wildman–Crippen LogP) is 3.93. The minimum atomic E-state index is -4.61. The molecular weight excluding hydrogens is 476 g/mol. The molecule has 0 fully saturated rings. The van der Waals surface area contributed by atoms with Gasteiger partial charge in [0, 0.05) is 23.2 Å². The van der Waals surface area contributed by atoms with E-state index >= 15 is 0 Å². The van der Waals surface area contributed by atoms with E-state index < -0.39 is 20.2 Å². The lowest BCUT2D eigenvalue weighted by Crippen LogP contribution is -1.98. The summed E-state index contributed by atoms with van der Waals surface area (Å²) in [6, 6.07) is 18.6. The maximum atomic E-state index is 11.5. The fourth-order valence-electron chi connectivity index (χ4n) is 3.95. The molecule has 3 aromatic carbocycles. The van der Waals surface area contributed by atoms with Crippen molar-refractivity contribution in [2.24, 2.45) is 0 Å². The van der Waals surface area contributed by atoms with Crippen molar-refractivity contribution in [2.75, 3.05) is 0 Å².